The monoisotopic (exact) mass is 289 g/mol. The van der Waals surface area contributed by atoms with Crippen molar-refractivity contribution in [3.63, 3.8) is 0 Å². The van der Waals surface area contributed by atoms with Crippen LogP contribution < -0.4 is 10.1 Å². The molecular weight excluding hydrogens is 278 g/mol. The summed E-state index contributed by atoms with van der Waals surface area (Å²) in [5, 5.41) is 10.9. The summed E-state index contributed by atoms with van der Waals surface area (Å²) in [6, 6.07) is 5.87. The van der Waals surface area contributed by atoms with Crippen molar-refractivity contribution in [3.8, 4) is 11.7 Å². The lowest BCUT2D eigenvalue weighted by molar-refractivity contribution is 0.102. The van der Waals surface area contributed by atoms with Crippen molar-refractivity contribution in [3.05, 3.63) is 40.8 Å². The largest absolute Gasteiger partial charge is 0.466 e. The molecule has 0 aliphatic rings. The number of hydrogen-bond donors (Lipinski definition) is 2. The van der Waals surface area contributed by atoms with Gasteiger partial charge in [0.1, 0.15) is 4.88 Å². The molecule has 0 radical (unpaired) electrons. The van der Waals surface area contributed by atoms with Crippen LogP contribution in [0.5, 0.6) is 6.01 Å². The van der Waals surface area contributed by atoms with Gasteiger partial charge in [0.25, 0.3) is 5.91 Å². The second-order valence-corrected chi connectivity index (χ2v) is 4.77. The highest BCUT2D eigenvalue weighted by molar-refractivity contribution is 7.12. The van der Waals surface area contributed by atoms with Crippen LogP contribution in [-0.4, -0.2) is 32.8 Å². The molecule has 0 atom stereocenters. The van der Waals surface area contributed by atoms with E-state index >= 15 is 0 Å². The topological polar surface area (TPSA) is 84.8 Å². The van der Waals surface area contributed by atoms with Gasteiger partial charge in [-0.05, 0) is 23.6 Å². The Bertz CT molecular complexity index is 716. The number of nitrogens with one attached hydrogen (secondary N) is 2. The molecule has 7 nitrogen and oxygen atoms in total. The quantitative estimate of drug-likeness (QED) is 0.768. The Morgan fingerprint density at radius 2 is 2.25 bits per heavy atom. The zero-order valence-corrected chi connectivity index (χ0v) is 11.3. The van der Waals surface area contributed by atoms with Crippen LogP contribution in [0.15, 0.2) is 36.0 Å². The van der Waals surface area contributed by atoms with Gasteiger partial charge in [0.05, 0.1) is 12.8 Å². The van der Waals surface area contributed by atoms with Crippen molar-refractivity contribution >= 4 is 23.2 Å². The van der Waals surface area contributed by atoms with E-state index in [0.29, 0.717) is 4.88 Å². The Labute approximate surface area is 118 Å². The first-order valence-electron chi connectivity index (χ1n) is 5.76. The molecule has 3 aromatic heterocycles. The lowest BCUT2D eigenvalue weighted by atomic mass is 10.3. The van der Waals surface area contributed by atoms with Gasteiger partial charge in [-0.15, -0.1) is 16.4 Å². The summed E-state index contributed by atoms with van der Waals surface area (Å²) >= 11 is 1.36. The van der Waals surface area contributed by atoms with Gasteiger partial charge in [0, 0.05) is 12.4 Å². The summed E-state index contributed by atoms with van der Waals surface area (Å²) in [6.07, 6.45) is 3.77. The number of hydrogen-bond acceptors (Lipinski definition) is 5. The normalized spacial score (nSPS) is 10.4. The molecule has 0 aromatic carbocycles. The Hall–Kier alpha value is -2.61. The molecule has 102 valence electrons. The minimum Gasteiger partial charge on any atom is -0.466 e. The second-order valence-electron chi connectivity index (χ2n) is 3.85. The third kappa shape index (κ3) is 2.28. The van der Waals surface area contributed by atoms with E-state index in [1.807, 2.05) is 40.5 Å². The first-order chi connectivity index (χ1) is 9.78. The maximum atomic E-state index is 12.2. The molecule has 0 saturated heterocycles. The summed E-state index contributed by atoms with van der Waals surface area (Å²) < 4.78 is 6.72. The standard InChI is InChI=1S/C12H11N5O2S/c1-19-12-14-11(15-16-12)13-10(18)9-8(4-7-20-9)17-5-2-3-6-17/h2-7H,1H3,(H2,13,14,15,16,18). The van der Waals surface area contributed by atoms with Crippen molar-refractivity contribution in [2.75, 3.05) is 12.4 Å². The summed E-state index contributed by atoms with van der Waals surface area (Å²) in [5.74, 6) is 0.00112. The molecule has 2 N–H and O–H groups in total. The average molecular weight is 289 g/mol. The first kappa shape index (κ1) is 12.4. The molecule has 8 heteroatoms. The lowest BCUT2D eigenvalue weighted by Crippen LogP contribution is -2.13. The van der Waals surface area contributed by atoms with Crippen molar-refractivity contribution in [1.82, 2.24) is 19.7 Å². The third-order valence-corrected chi connectivity index (χ3v) is 3.52. The van der Waals surface area contributed by atoms with E-state index in [0.717, 1.165) is 5.69 Å². The van der Waals surface area contributed by atoms with Crippen LogP contribution in [0.25, 0.3) is 5.69 Å². The molecule has 0 saturated carbocycles. The van der Waals surface area contributed by atoms with E-state index in [1.165, 1.54) is 18.4 Å². The zero-order chi connectivity index (χ0) is 13.9. The number of aromatic nitrogens is 4. The van der Waals surface area contributed by atoms with Gasteiger partial charge < -0.3 is 9.30 Å². The second kappa shape index (κ2) is 5.17. The van der Waals surface area contributed by atoms with Crippen LogP contribution >= 0.6 is 11.3 Å². The van der Waals surface area contributed by atoms with Gasteiger partial charge in [-0.3, -0.25) is 10.1 Å². The maximum Gasteiger partial charge on any atom is 0.336 e. The highest BCUT2D eigenvalue weighted by Crippen LogP contribution is 2.22. The number of H-pyrrole nitrogens is 1. The van der Waals surface area contributed by atoms with Gasteiger partial charge in [0.2, 0.25) is 5.95 Å². The third-order valence-electron chi connectivity index (χ3n) is 2.61. The first-order valence-corrected chi connectivity index (χ1v) is 6.64. The lowest BCUT2D eigenvalue weighted by Gasteiger charge is -2.04. The Balaban J connectivity index is 1.83. The van der Waals surface area contributed by atoms with Gasteiger partial charge in [-0.2, -0.15) is 4.98 Å². The van der Waals surface area contributed by atoms with E-state index in [2.05, 4.69) is 20.5 Å². The number of rotatable bonds is 4. The van der Waals surface area contributed by atoms with Crippen LogP contribution in [0.4, 0.5) is 5.95 Å². The van der Waals surface area contributed by atoms with Crippen molar-refractivity contribution in [2.45, 2.75) is 0 Å². The Morgan fingerprint density at radius 1 is 1.45 bits per heavy atom. The number of methoxy groups -OCH3 is 1. The number of nitrogens with zero attached hydrogens (tertiary/aromatic N) is 3. The van der Waals surface area contributed by atoms with Crippen LogP contribution in [0.1, 0.15) is 9.67 Å². The summed E-state index contributed by atoms with van der Waals surface area (Å²) in [6.45, 7) is 0. The molecule has 0 fully saturated rings. The number of anilines is 1. The smallest absolute Gasteiger partial charge is 0.336 e. The molecule has 3 heterocycles. The minimum atomic E-state index is -0.248. The van der Waals surface area contributed by atoms with Crippen LogP contribution in [0.2, 0.25) is 0 Å². The Kier molecular flexibility index (Phi) is 3.21. The van der Waals surface area contributed by atoms with E-state index < -0.39 is 0 Å². The van der Waals surface area contributed by atoms with Crippen molar-refractivity contribution in [1.29, 1.82) is 0 Å². The highest BCUT2D eigenvalue weighted by Gasteiger charge is 2.16. The van der Waals surface area contributed by atoms with Crippen LogP contribution in [0.3, 0.4) is 0 Å². The number of thiophene rings is 1. The fourth-order valence-electron chi connectivity index (χ4n) is 1.73. The predicted molar refractivity (Wildman–Crippen MR) is 74.5 cm³/mol. The summed E-state index contributed by atoms with van der Waals surface area (Å²) in [7, 11) is 1.46. The fourth-order valence-corrected chi connectivity index (χ4v) is 2.51. The number of carbonyl (C=O) groups is 1. The number of carbonyl (C=O) groups excluding carboxylic acids is 1. The van der Waals surface area contributed by atoms with E-state index in [1.54, 1.807) is 0 Å². The van der Waals surface area contributed by atoms with Gasteiger partial charge >= 0.3 is 6.01 Å². The minimum absolute atomic E-state index is 0.178. The van der Waals surface area contributed by atoms with E-state index in [-0.39, 0.29) is 17.9 Å². The molecule has 20 heavy (non-hydrogen) atoms. The number of ether oxygens (including phenoxy) is 1. The SMILES string of the molecule is COc1n[nH]c(NC(=O)c2sccc2-n2cccc2)n1. The Morgan fingerprint density at radius 3 is 2.95 bits per heavy atom. The van der Waals surface area contributed by atoms with Gasteiger partial charge in [-0.25, -0.2) is 5.10 Å². The average Bonchev–Trinajstić information content (AvgIpc) is 3.19. The molecule has 1 amide bonds. The summed E-state index contributed by atoms with van der Waals surface area (Å²) in [4.78, 5) is 16.8. The molecule has 0 unspecified atom stereocenters. The van der Waals surface area contributed by atoms with E-state index in [9.17, 15) is 4.79 Å². The molecule has 0 bridgehead atoms. The van der Waals surface area contributed by atoms with Crippen LogP contribution in [0, 0.1) is 0 Å². The summed E-state index contributed by atoms with van der Waals surface area (Å²) in [5.41, 5.74) is 0.823. The van der Waals surface area contributed by atoms with Crippen molar-refractivity contribution < 1.29 is 9.53 Å². The van der Waals surface area contributed by atoms with Crippen LogP contribution in [-0.2, 0) is 0 Å². The fraction of sp³-hybridized carbons (Fsp3) is 0.0833. The van der Waals surface area contributed by atoms with E-state index in [4.69, 9.17) is 4.74 Å². The molecular formula is C12H11N5O2S. The number of aromatic amines is 1. The molecule has 0 spiro atoms. The molecule has 0 aliphatic carbocycles. The molecule has 3 rings (SSSR count). The maximum absolute atomic E-state index is 12.2. The zero-order valence-electron chi connectivity index (χ0n) is 10.5. The van der Waals surface area contributed by atoms with Crippen molar-refractivity contribution in [2.24, 2.45) is 0 Å². The van der Waals surface area contributed by atoms with Gasteiger partial charge in [0.15, 0.2) is 0 Å². The highest BCUT2D eigenvalue weighted by atomic mass is 32.1. The molecule has 0 aliphatic heterocycles. The predicted octanol–water partition coefficient (Wildman–Crippen LogP) is 1.92. The molecule has 3 aromatic rings. The number of amides is 1. The van der Waals surface area contributed by atoms with Gasteiger partial charge in [-0.1, -0.05) is 0 Å².